The maximum atomic E-state index is 13.2. The van der Waals surface area contributed by atoms with Crippen LogP contribution in [0.3, 0.4) is 0 Å². The minimum atomic E-state index is -0.305. The number of nitrogens with zero attached hydrogens (tertiary/aromatic N) is 1. The van der Waals surface area contributed by atoms with Gasteiger partial charge in [-0.05, 0) is 55.9 Å². The largest absolute Gasteiger partial charge is 0.495 e. The smallest absolute Gasteiger partial charge is 0.253 e. The summed E-state index contributed by atoms with van der Waals surface area (Å²) in [6.07, 6.45) is 4.41. The number of pyridine rings is 1. The first kappa shape index (κ1) is 18.5. The number of fused-ring (bicyclic) bond motifs is 1. The molecule has 1 atom stereocenters. The lowest BCUT2D eigenvalue weighted by molar-refractivity contribution is 0.0234. The van der Waals surface area contributed by atoms with Gasteiger partial charge in [0.2, 0.25) is 0 Å². The summed E-state index contributed by atoms with van der Waals surface area (Å²) in [4.78, 5) is 20.8. The Hall–Kier alpha value is -2.86. The average Bonchev–Trinajstić information content (AvgIpc) is 2.98. The van der Waals surface area contributed by atoms with E-state index in [0.717, 1.165) is 27.7 Å². The number of hydrogen-bond acceptors (Lipinski definition) is 4. The van der Waals surface area contributed by atoms with Crippen molar-refractivity contribution in [2.45, 2.75) is 38.8 Å². The van der Waals surface area contributed by atoms with Crippen molar-refractivity contribution in [3.8, 4) is 5.75 Å². The number of carbonyl (C=O) groups is 1. The number of aliphatic hydroxyl groups excluding tert-OH is 1. The number of carbonyl (C=O) groups excluding carboxylic acids is 1. The van der Waals surface area contributed by atoms with Crippen molar-refractivity contribution < 1.29 is 14.6 Å². The van der Waals surface area contributed by atoms with Crippen LogP contribution < -0.4 is 10.1 Å². The van der Waals surface area contributed by atoms with Gasteiger partial charge in [-0.15, -0.1) is 0 Å². The van der Waals surface area contributed by atoms with E-state index in [1.165, 1.54) is 0 Å². The fraction of sp³-hybridized carbons (Fsp3) is 0.364. The molecule has 1 amide bonds. The molecule has 2 heterocycles. The van der Waals surface area contributed by atoms with Crippen LogP contribution in [-0.4, -0.2) is 34.2 Å². The second kappa shape index (κ2) is 7.28. The summed E-state index contributed by atoms with van der Waals surface area (Å²) in [5.41, 5.74) is 4.57. The maximum absolute atomic E-state index is 13.2. The molecule has 1 aliphatic carbocycles. The van der Waals surface area contributed by atoms with E-state index in [9.17, 15) is 9.90 Å². The minimum absolute atomic E-state index is 0.138. The Bertz CT molecular complexity index is 1020. The molecular formula is C22H25N3O3. The first-order valence-electron chi connectivity index (χ1n) is 9.53. The molecule has 0 saturated heterocycles. The summed E-state index contributed by atoms with van der Waals surface area (Å²) >= 11 is 0. The second-order valence-corrected chi connectivity index (χ2v) is 7.60. The van der Waals surface area contributed by atoms with Gasteiger partial charge in [-0.3, -0.25) is 9.78 Å². The molecule has 1 aliphatic rings. The van der Waals surface area contributed by atoms with Gasteiger partial charge in [0.25, 0.3) is 5.91 Å². The van der Waals surface area contributed by atoms with E-state index in [1.54, 1.807) is 19.5 Å². The van der Waals surface area contributed by atoms with Gasteiger partial charge in [0.15, 0.2) is 0 Å². The zero-order chi connectivity index (χ0) is 19.8. The van der Waals surface area contributed by atoms with Crippen LogP contribution in [0.5, 0.6) is 5.75 Å². The number of hydrogen-bond donors (Lipinski definition) is 3. The molecule has 146 valence electrons. The number of aromatic nitrogens is 2. The van der Waals surface area contributed by atoms with Gasteiger partial charge in [-0.1, -0.05) is 12.1 Å². The van der Waals surface area contributed by atoms with E-state index < -0.39 is 0 Å². The van der Waals surface area contributed by atoms with Crippen LogP contribution in [0.25, 0.3) is 10.9 Å². The Balaban J connectivity index is 1.67. The van der Waals surface area contributed by atoms with Crippen molar-refractivity contribution in [3.63, 3.8) is 0 Å². The van der Waals surface area contributed by atoms with Crippen LogP contribution in [-0.2, 0) is 0 Å². The van der Waals surface area contributed by atoms with Crippen molar-refractivity contribution in [2.24, 2.45) is 5.92 Å². The molecule has 0 unspecified atom stereocenters. The summed E-state index contributed by atoms with van der Waals surface area (Å²) < 4.78 is 5.29. The van der Waals surface area contributed by atoms with Crippen LogP contribution in [0, 0.1) is 19.8 Å². The standard InChI is InChI=1S/C22H25N3O3/c1-12-13(2)24-21-18(12)5-4-6-19(21)22(27)25-20(14-7-16(26)8-14)15-9-17(28-3)11-23-10-15/h4-6,9-11,14,16,20,24,26H,7-8H2,1-3H3,(H,25,27)/t14?,16?,20-/m0/s1. The fourth-order valence-electron chi connectivity index (χ4n) is 3.98. The number of aliphatic hydroxyl groups is 1. The van der Waals surface area contributed by atoms with E-state index in [-0.39, 0.29) is 24.0 Å². The molecule has 0 bridgehead atoms. The Morgan fingerprint density at radius 2 is 2.11 bits per heavy atom. The summed E-state index contributed by atoms with van der Waals surface area (Å²) in [6.45, 7) is 4.06. The second-order valence-electron chi connectivity index (χ2n) is 7.60. The number of aromatic amines is 1. The third-order valence-corrected chi connectivity index (χ3v) is 5.82. The number of nitrogens with one attached hydrogen (secondary N) is 2. The quantitative estimate of drug-likeness (QED) is 0.634. The first-order valence-corrected chi connectivity index (χ1v) is 9.53. The predicted octanol–water partition coefficient (Wildman–Crippen LogP) is 3.43. The van der Waals surface area contributed by atoms with Crippen LogP contribution in [0.4, 0.5) is 0 Å². The van der Waals surface area contributed by atoms with Crippen LogP contribution in [0.2, 0.25) is 0 Å². The molecule has 28 heavy (non-hydrogen) atoms. The summed E-state index contributed by atoms with van der Waals surface area (Å²) in [7, 11) is 1.60. The Morgan fingerprint density at radius 1 is 1.32 bits per heavy atom. The third-order valence-electron chi connectivity index (χ3n) is 5.82. The van der Waals surface area contributed by atoms with Crippen LogP contribution in [0.1, 0.15) is 46.1 Å². The van der Waals surface area contributed by atoms with Crippen molar-refractivity contribution >= 4 is 16.8 Å². The van der Waals surface area contributed by atoms with Gasteiger partial charge >= 0.3 is 0 Å². The highest BCUT2D eigenvalue weighted by molar-refractivity contribution is 6.06. The molecule has 6 heteroatoms. The van der Waals surface area contributed by atoms with E-state index >= 15 is 0 Å². The van der Waals surface area contributed by atoms with Crippen molar-refractivity contribution in [3.05, 3.63) is 59.0 Å². The molecule has 3 aromatic rings. The molecule has 0 radical (unpaired) electrons. The van der Waals surface area contributed by atoms with Crippen molar-refractivity contribution in [2.75, 3.05) is 7.11 Å². The van der Waals surface area contributed by atoms with Gasteiger partial charge in [-0.25, -0.2) is 0 Å². The van der Waals surface area contributed by atoms with Crippen LogP contribution in [0.15, 0.2) is 36.7 Å². The normalized spacial score (nSPS) is 19.9. The minimum Gasteiger partial charge on any atom is -0.495 e. The van der Waals surface area contributed by atoms with Gasteiger partial charge < -0.3 is 20.1 Å². The molecule has 1 fully saturated rings. The number of para-hydroxylation sites is 1. The van der Waals surface area contributed by atoms with Gasteiger partial charge in [0.1, 0.15) is 5.75 Å². The number of amides is 1. The third kappa shape index (κ3) is 3.24. The van der Waals surface area contributed by atoms with Gasteiger partial charge in [0, 0.05) is 17.3 Å². The monoisotopic (exact) mass is 379 g/mol. The number of methoxy groups -OCH3 is 1. The SMILES string of the molecule is COc1cncc([C@@H](NC(=O)c2cccc3c(C)c(C)[nH]c23)C2CC(O)C2)c1. The zero-order valence-electron chi connectivity index (χ0n) is 16.3. The lowest BCUT2D eigenvalue weighted by Gasteiger charge is -2.38. The molecule has 0 aliphatic heterocycles. The molecule has 6 nitrogen and oxygen atoms in total. The predicted molar refractivity (Wildman–Crippen MR) is 107 cm³/mol. The Morgan fingerprint density at radius 3 is 2.82 bits per heavy atom. The molecule has 4 rings (SSSR count). The fourth-order valence-corrected chi connectivity index (χ4v) is 3.98. The molecule has 1 aromatic carbocycles. The number of benzene rings is 1. The molecule has 3 N–H and O–H groups in total. The van der Waals surface area contributed by atoms with Crippen molar-refractivity contribution in [1.82, 2.24) is 15.3 Å². The highest BCUT2D eigenvalue weighted by Crippen LogP contribution is 2.39. The number of rotatable bonds is 5. The number of ether oxygens (including phenoxy) is 1. The lowest BCUT2D eigenvalue weighted by Crippen LogP contribution is -2.41. The Labute approximate surface area is 163 Å². The molecule has 0 spiro atoms. The molecular weight excluding hydrogens is 354 g/mol. The topological polar surface area (TPSA) is 87.2 Å². The van der Waals surface area contributed by atoms with E-state index in [1.807, 2.05) is 31.2 Å². The summed E-state index contributed by atoms with van der Waals surface area (Å²) in [5.74, 6) is 0.676. The number of H-pyrrole nitrogens is 1. The number of aryl methyl sites for hydroxylation is 2. The lowest BCUT2D eigenvalue weighted by atomic mass is 9.75. The molecule has 1 saturated carbocycles. The van der Waals surface area contributed by atoms with E-state index in [2.05, 4.69) is 22.2 Å². The molecule has 2 aromatic heterocycles. The summed E-state index contributed by atoms with van der Waals surface area (Å²) in [6, 6.07) is 7.44. The van der Waals surface area contributed by atoms with Crippen LogP contribution >= 0.6 is 0 Å². The average molecular weight is 379 g/mol. The van der Waals surface area contributed by atoms with Crippen molar-refractivity contribution in [1.29, 1.82) is 0 Å². The maximum Gasteiger partial charge on any atom is 0.253 e. The Kier molecular flexibility index (Phi) is 4.81. The first-order chi connectivity index (χ1) is 13.5. The van der Waals surface area contributed by atoms with E-state index in [0.29, 0.717) is 24.2 Å². The van der Waals surface area contributed by atoms with Gasteiger partial charge in [-0.2, -0.15) is 0 Å². The highest BCUT2D eigenvalue weighted by atomic mass is 16.5. The highest BCUT2D eigenvalue weighted by Gasteiger charge is 2.36. The zero-order valence-corrected chi connectivity index (χ0v) is 16.3. The summed E-state index contributed by atoms with van der Waals surface area (Å²) in [5, 5.41) is 14.0. The van der Waals surface area contributed by atoms with E-state index in [4.69, 9.17) is 4.74 Å². The van der Waals surface area contributed by atoms with Gasteiger partial charge in [0.05, 0.1) is 36.5 Å².